The highest BCUT2D eigenvalue weighted by Crippen LogP contribution is 2.16. The number of amides is 9. The van der Waals surface area contributed by atoms with Crippen LogP contribution in [0.25, 0.3) is 0 Å². The summed E-state index contributed by atoms with van der Waals surface area (Å²) < 4.78 is 0. The minimum atomic E-state index is -1.42. The third kappa shape index (κ3) is 32.3. The Hall–Kier alpha value is -8.78. The summed E-state index contributed by atoms with van der Waals surface area (Å²) in [4.78, 5) is 133. The Bertz CT molecular complexity index is 2750. The number of phenolic OH excluding ortho intramolecular Hbond substituents is 1. The fraction of sp³-hybridized carbons (Fsp3) is 0.600. The predicted molar refractivity (Wildman–Crippen MR) is 353 cm³/mol. The first-order valence-electron chi connectivity index (χ1n) is 32.6. The van der Waals surface area contributed by atoms with Gasteiger partial charge in [0.15, 0.2) is 11.9 Å². The zero-order chi connectivity index (χ0) is 67.8. The molecule has 1 aromatic heterocycles. The van der Waals surface area contributed by atoms with Crippen LogP contribution in [0.15, 0.2) is 67.1 Å². The van der Waals surface area contributed by atoms with Gasteiger partial charge in [-0.15, -0.1) is 0 Å². The van der Waals surface area contributed by atoms with E-state index in [1.54, 1.807) is 48.7 Å². The van der Waals surface area contributed by atoms with Gasteiger partial charge >= 0.3 is 0 Å². The molecule has 92 heavy (non-hydrogen) atoms. The summed E-state index contributed by atoms with van der Waals surface area (Å²) in [6.45, 7) is 9.09. The number of nitrogens with two attached hydrogens (primary N) is 2. The molecule has 510 valence electrons. The van der Waals surface area contributed by atoms with Crippen LogP contribution in [0.2, 0.25) is 0 Å². The molecule has 0 aliphatic heterocycles. The average molecular weight is 1280 g/mol. The number of H-pyrrole nitrogens is 1. The van der Waals surface area contributed by atoms with Crippen LogP contribution in [0.4, 0.5) is 0 Å². The first kappa shape index (κ1) is 77.5. The van der Waals surface area contributed by atoms with E-state index in [2.05, 4.69) is 75.4 Å². The maximum absolute atomic E-state index is 14.8. The highest BCUT2D eigenvalue weighted by atomic mass is 16.3. The maximum Gasteiger partial charge on any atom is 0.243 e. The number of phenols is 1. The van der Waals surface area contributed by atoms with Gasteiger partial charge in [-0.2, -0.15) is 0 Å². The van der Waals surface area contributed by atoms with Crippen molar-refractivity contribution in [2.75, 3.05) is 20.1 Å². The van der Waals surface area contributed by atoms with Gasteiger partial charge in [0.2, 0.25) is 53.2 Å². The van der Waals surface area contributed by atoms with E-state index < -0.39 is 95.6 Å². The molecule has 0 saturated carbocycles. The summed E-state index contributed by atoms with van der Waals surface area (Å²) in [6, 6.07) is 4.54. The Morgan fingerprint density at radius 1 is 0.489 bits per heavy atom. The summed E-state index contributed by atoms with van der Waals surface area (Å²) >= 11 is 0. The molecule has 1 heterocycles. The number of hydrogen-bond acceptors (Lipinski definition) is 13. The van der Waals surface area contributed by atoms with Crippen molar-refractivity contribution < 1.29 is 48.3 Å². The normalized spacial score (nSPS) is 13.6. The van der Waals surface area contributed by atoms with Crippen LogP contribution in [0.5, 0.6) is 5.75 Å². The van der Waals surface area contributed by atoms with E-state index >= 15 is 0 Å². The molecule has 0 fully saturated rings. The third-order valence-corrected chi connectivity index (χ3v) is 15.4. The van der Waals surface area contributed by atoms with E-state index in [4.69, 9.17) is 22.3 Å². The molecule has 19 N–H and O–H groups in total. The lowest BCUT2D eigenvalue weighted by molar-refractivity contribution is -0.136. The molecule has 0 bridgehead atoms. The molecule has 0 radical (unpaired) electrons. The van der Waals surface area contributed by atoms with Crippen molar-refractivity contribution in [3.8, 4) is 5.75 Å². The van der Waals surface area contributed by atoms with Crippen molar-refractivity contribution in [1.29, 1.82) is 10.8 Å². The van der Waals surface area contributed by atoms with E-state index in [0.717, 1.165) is 19.3 Å². The second kappa shape index (κ2) is 43.8. The molecule has 3 rings (SSSR count). The smallest absolute Gasteiger partial charge is 0.243 e. The van der Waals surface area contributed by atoms with Gasteiger partial charge in [-0.25, -0.2) is 4.98 Å². The highest BCUT2D eigenvalue weighted by Gasteiger charge is 2.34. The zero-order valence-corrected chi connectivity index (χ0v) is 54.7. The van der Waals surface area contributed by atoms with Gasteiger partial charge in [0.05, 0.1) is 12.0 Å². The number of aromatic nitrogens is 2. The van der Waals surface area contributed by atoms with E-state index in [9.17, 15) is 48.3 Å². The molecule has 8 atom stereocenters. The number of carbonyl (C=O) groups is 9. The van der Waals surface area contributed by atoms with Crippen molar-refractivity contribution in [3.63, 3.8) is 0 Å². The largest absolute Gasteiger partial charge is 0.508 e. The fourth-order valence-electron chi connectivity index (χ4n) is 10.2. The molecule has 0 aliphatic carbocycles. The Labute approximate surface area is 542 Å². The summed E-state index contributed by atoms with van der Waals surface area (Å²) in [7, 11) is 1.40. The topological polar surface area (TPSA) is 435 Å². The van der Waals surface area contributed by atoms with E-state index in [0.29, 0.717) is 29.7 Å². The fourth-order valence-corrected chi connectivity index (χ4v) is 10.2. The van der Waals surface area contributed by atoms with Crippen molar-refractivity contribution in [2.24, 2.45) is 17.4 Å². The van der Waals surface area contributed by atoms with Crippen LogP contribution in [-0.2, 0) is 62.4 Å². The molecule has 2 aromatic carbocycles. The van der Waals surface area contributed by atoms with Gasteiger partial charge in [0, 0.05) is 52.0 Å². The van der Waals surface area contributed by atoms with Crippen LogP contribution in [0, 0.1) is 16.7 Å². The molecule has 0 saturated heterocycles. The summed E-state index contributed by atoms with van der Waals surface area (Å²) in [5.74, 6) is -6.93. The van der Waals surface area contributed by atoms with Crippen molar-refractivity contribution in [2.45, 2.75) is 224 Å². The number of nitrogens with zero attached hydrogens (tertiary/aromatic N) is 1. The Kier molecular flexibility index (Phi) is 36.9. The first-order chi connectivity index (χ1) is 44.0. The average Bonchev–Trinajstić information content (AvgIpc) is 4.26. The number of benzene rings is 2. The minimum absolute atomic E-state index is 0.00195. The van der Waals surface area contributed by atoms with Crippen LogP contribution in [-0.4, -0.2) is 149 Å². The lowest BCUT2D eigenvalue weighted by Crippen LogP contribution is -2.60. The predicted octanol–water partition coefficient (Wildman–Crippen LogP) is 2.86. The highest BCUT2D eigenvalue weighted by molar-refractivity contribution is 5.98. The van der Waals surface area contributed by atoms with Crippen molar-refractivity contribution >= 4 is 65.1 Å². The summed E-state index contributed by atoms with van der Waals surface area (Å²) in [5, 5.41) is 55.0. The van der Waals surface area contributed by atoms with Crippen LogP contribution in [0.3, 0.4) is 0 Å². The molecule has 27 heteroatoms. The summed E-state index contributed by atoms with van der Waals surface area (Å²) in [5.41, 5.74) is 12.6. The number of rotatable bonds is 46. The Morgan fingerprint density at radius 3 is 1.35 bits per heavy atom. The van der Waals surface area contributed by atoms with Crippen LogP contribution >= 0.6 is 0 Å². The van der Waals surface area contributed by atoms with Crippen molar-refractivity contribution in [1.82, 2.24) is 68.5 Å². The van der Waals surface area contributed by atoms with Crippen LogP contribution in [0.1, 0.15) is 173 Å². The molecular weight excluding hydrogens is 1180 g/mol. The number of carbonyl (C=O) groups excluding carboxylic acids is 9. The lowest BCUT2D eigenvalue weighted by Gasteiger charge is -2.28. The number of aromatic amines is 1. The minimum Gasteiger partial charge on any atom is -0.508 e. The number of nitrogens with one attached hydrogen (secondary N) is 14. The van der Waals surface area contributed by atoms with E-state index in [-0.39, 0.29) is 93.9 Å². The molecule has 0 spiro atoms. The SMILES string of the molecule is CCCCCCCCCCCCCCCC(=O)N[C@@H](CC(C)C)C(=O)N[C@@H](C)C(=O)N[C@@H](Cc1ccc(O)cc1)C(=O)N[C@@H](Cc1ccccc1)C(=O)N[C@@H](CCCNC(=N)N)C(=O)N[C@@H](CCCNC(=N)N)C(=O)N[C@@H](C)C(=O)N[C@@H](Cc1c[nH]cn1)C(=O)NC. The van der Waals surface area contributed by atoms with Gasteiger partial charge in [-0.3, -0.25) is 54.0 Å². The van der Waals surface area contributed by atoms with Gasteiger partial charge in [0.25, 0.3) is 0 Å². The second-order valence-corrected chi connectivity index (χ2v) is 23.9. The first-order valence-corrected chi connectivity index (χ1v) is 32.6. The maximum atomic E-state index is 14.8. The molecular formula is C65H105N17O10. The number of imidazole rings is 1. The number of likely N-dealkylation sites (N-methyl/N-ethyl adjacent to an activating group) is 1. The Morgan fingerprint density at radius 2 is 0.902 bits per heavy atom. The Balaban J connectivity index is 1.85. The zero-order valence-electron chi connectivity index (χ0n) is 54.7. The third-order valence-electron chi connectivity index (χ3n) is 15.4. The number of guanidine groups is 2. The van der Waals surface area contributed by atoms with Gasteiger partial charge in [-0.05, 0) is 81.5 Å². The van der Waals surface area contributed by atoms with E-state index in [1.807, 2.05) is 13.8 Å². The summed E-state index contributed by atoms with van der Waals surface area (Å²) in [6.07, 6.45) is 18.6. The molecule has 0 aliphatic rings. The number of aromatic hydroxyl groups is 1. The van der Waals surface area contributed by atoms with Gasteiger partial charge in [0.1, 0.15) is 54.1 Å². The standard InChI is InChI=1S/C65H105N17O10/c1-7-8-9-10-11-12-13-14-15-16-17-18-22-29-55(84)77-51(36-42(2)3)61(90)76-44(5)56(85)80-52(38-46-30-32-48(83)33-31-46)63(92)82-53(37-45-25-20-19-21-26-45)62(91)79-50(28-24-35-73-65(68)69)60(89)78-49(27-23-34-72-64(66)67)59(88)75-43(4)57(86)81-54(58(87)70-6)39-47-40-71-41-74-47/h19-21,25-26,30-33,40-44,49-54,83H,7-18,22-24,27-29,34-39H2,1-6H3,(H,70,87)(H,71,74)(H,75,88)(H,76,90)(H,77,84)(H,78,89)(H,79,91)(H,80,85)(H,81,86)(H,82,92)(H4,66,67,72)(H4,68,69,73)/t43-,44-,49-,50-,51-,52-,53-,54-/m0/s1. The van der Waals surface area contributed by atoms with Crippen LogP contribution < -0.4 is 70.0 Å². The molecule has 3 aromatic rings. The van der Waals surface area contributed by atoms with Gasteiger partial charge < -0.3 is 80.0 Å². The van der Waals surface area contributed by atoms with Gasteiger partial charge in [-0.1, -0.05) is 140 Å². The van der Waals surface area contributed by atoms with E-state index in [1.165, 1.54) is 97.1 Å². The quantitative estimate of drug-likeness (QED) is 0.0220. The lowest BCUT2D eigenvalue weighted by atomic mass is 10.0. The monoisotopic (exact) mass is 1280 g/mol. The molecule has 0 unspecified atom stereocenters. The van der Waals surface area contributed by atoms with Crippen molar-refractivity contribution in [3.05, 3.63) is 83.9 Å². The number of hydrogen-bond donors (Lipinski definition) is 17. The second-order valence-electron chi connectivity index (χ2n) is 23.9. The number of unbranched alkanes of at least 4 members (excludes halogenated alkanes) is 12. The molecule has 27 nitrogen and oxygen atoms in total. The molecule has 9 amide bonds.